The molecule has 0 bridgehead atoms. The van der Waals surface area contributed by atoms with E-state index in [1.165, 1.54) is 23.9 Å². The number of pyridine rings is 1. The molecule has 0 spiro atoms. The minimum atomic E-state index is -4.07. The number of thioether (sulfide) groups is 1. The molecule has 0 saturated carbocycles. The zero-order valence-corrected chi connectivity index (χ0v) is 29.7. The number of nitrogens with zero attached hydrogens (tertiary/aromatic N) is 5. The molecule has 1 aromatic heterocycles. The minimum Gasteiger partial charge on any atom is -0.541 e. The molecular weight excluding hydrogens is 644 g/mol. The number of sulfonamides is 1. The van der Waals surface area contributed by atoms with Crippen LogP contribution in [0.3, 0.4) is 0 Å². The molecule has 3 heterocycles. The van der Waals surface area contributed by atoms with E-state index in [9.17, 15) is 18.0 Å². The Bertz CT molecular complexity index is 1890. The molecule has 2 fully saturated rings. The first kappa shape index (κ1) is 34.4. The number of nitrogens with one attached hydrogen (secondary N) is 1. The van der Waals surface area contributed by atoms with Crippen LogP contribution in [0.4, 0.5) is 17.2 Å². The van der Waals surface area contributed by atoms with E-state index >= 15 is 0 Å². The Morgan fingerprint density at radius 2 is 1.62 bits per heavy atom. The number of carbonyl (C=O) groups excluding carboxylic acids is 2. The Kier molecular flexibility index (Phi) is 11.2. The summed E-state index contributed by atoms with van der Waals surface area (Å²) in [5.74, 6) is 0.0187. The van der Waals surface area contributed by atoms with Crippen molar-refractivity contribution in [2.45, 2.75) is 18.2 Å². The predicted molar refractivity (Wildman–Crippen MR) is 183 cm³/mol. The second-order valence-electron chi connectivity index (χ2n) is 10.9. The van der Waals surface area contributed by atoms with Crippen molar-refractivity contribution in [1.29, 1.82) is 0 Å². The van der Waals surface area contributed by atoms with E-state index in [0.717, 1.165) is 48.8 Å². The van der Waals surface area contributed by atoms with Gasteiger partial charge in [0.05, 0.1) is 21.4 Å². The van der Waals surface area contributed by atoms with Crippen molar-refractivity contribution in [1.82, 2.24) is 10.3 Å². The molecule has 0 aliphatic carbocycles. The van der Waals surface area contributed by atoms with Gasteiger partial charge in [-0.2, -0.15) is 0 Å². The predicted octanol–water partition coefficient (Wildman–Crippen LogP) is 2.44. The Morgan fingerprint density at radius 3 is 2.28 bits per heavy atom. The van der Waals surface area contributed by atoms with Crippen LogP contribution in [0.5, 0.6) is 0 Å². The van der Waals surface area contributed by atoms with Crippen LogP contribution in [-0.2, 0) is 26.0 Å². The standard InChI is InChI=1S/C34H32N6O4S2.Na/c1-24-5-15-29(16-6-24)46(43,44)38-32(41)23-26-7-11-27(12-8-26)36-34-37-33(42)30(45-34)22-25-9-13-28(14-10-25)39-18-20-40(21-19-39)31-4-2-3-17-35-31;/h2-17,22H,18-21,23H2,1H3,(H2,36,37,38,41,42);/q;+1/p-1. The van der Waals surface area contributed by atoms with Crippen LogP contribution in [0.25, 0.3) is 10.8 Å². The summed E-state index contributed by atoms with van der Waals surface area (Å²) in [6.45, 7) is 5.44. The average Bonchev–Trinajstić information content (AvgIpc) is 3.40. The van der Waals surface area contributed by atoms with Gasteiger partial charge in [-0.25, -0.2) is 18.4 Å². The largest absolute Gasteiger partial charge is 1.00 e. The van der Waals surface area contributed by atoms with Crippen LogP contribution in [0.15, 0.2) is 112 Å². The summed E-state index contributed by atoms with van der Waals surface area (Å²) in [7, 11) is -4.07. The number of benzene rings is 3. The van der Waals surface area contributed by atoms with Crippen LogP contribution >= 0.6 is 11.8 Å². The Labute approximate surface area is 300 Å². The van der Waals surface area contributed by atoms with E-state index in [0.29, 0.717) is 21.3 Å². The molecule has 6 rings (SSSR count). The zero-order chi connectivity index (χ0) is 32.1. The van der Waals surface area contributed by atoms with Gasteiger partial charge < -0.3 is 24.6 Å². The molecule has 2 saturated heterocycles. The number of aliphatic imine (C=N–C) groups is 1. The first-order valence-corrected chi connectivity index (χ1v) is 16.9. The van der Waals surface area contributed by atoms with Gasteiger partial charge in [-0.1, -0.05) is 48.0 Å². The summed E-state index contributed by atoms with van der Waals surface area (Å²) in [4.78, 5) is 39.2. The number of amidine groups is 1. The molecule has 1 N–H and O–H groups in total. The van der Waals surface area contributed by atoms with Crippen LogP contribution < -0.4 is 44.7 Å². The number of hydrogen-bond acceptors (Lipinski definition) is 9. The number of amides is 2. The van der Waals surface area contributed by atoms with Crippen molar-refractivity contribution in [2.75, 3.05) is 36.0 Å². The third-order valence-electron chi connectivity index (χ3n) is 7.52. The van der Waals surface area contributed by atoms with Crippen LogP contribution in [0, 0.1) is 6.92 Å². The molecule has 13 heteroatoms. The quantitative estimate of drug-likeness (QED) is 0.223. The smallest absolute Gasteiger partial charge is 0.541 e. The number of aryl methyl sites for hydroxylation is 1. The Morgan fingerprint density at radius 1 is 0.936 bits per heavy atom. The fourth-order valence-corrected chi connectivity index (χ4v) is 6.82. The summed E-state index contributed by atoms with van der Waals surface area (Å²) in [6.07, 6.45) is 3.49. The summed E-state index contributed by atoms with van der Waals surface area (Å²) >= 11 is 1.25. The van der Waals surface area contributed by atoms with Gasteiger partial charge in [0.2, 0.25) is 0 Å². The fraction of sp³-hybridized carbons (Fsp3) is 0.176. The van der Waals surface area contributed by atoms with Gasteiger partial charge in [-0.3, -0.25) is 4.79 Å². The van der Waals surface area contributed by atoms with Crippen molar-refractivity contribution < 1.29 is 47.6 Å². The van der Waals surface area contributed by atoms with Gasteiger partial charge in [-0.05, 0) is 84.4 Å². The summed E-state index contributed by atoms with van der Waals surface area (Å²) in [6, 6.07) is 27.1. The van der Waals surface area contributed by atoms with E-state index in [1.54, 1.807) is 36.4 Å². The maximum atomic E-state index is 12.7. The fourth-order valence-electron chi connectivity index (χ4n) is 5.06. The van der Waals surface area contributed by atoms with Gasteiger partial charge >= 0.3 is 29.6 Å². The van der Waals surface area contributed by atoms with E-state index in [2.05, 4.69) is 41.9 Å². The molecule has 3 aromatic carbocycles. The molecular formula is C34H31N6NaO4S2. The number of anilines is 2. The molecule has 4 aromatic rings. The molecule has 2 amide bonds. The van der Waals surface area contributed by atoms with Crippen molar-refractivity contribution in [3.63, 3.8) is 0 Å². The molecule has 0 radical (unpaired) electrons. The second-order valence-corrected chi connectivity index (χ2v) is 13.5. The molecule has 0 atom stereocenters. The molecule has 10 nitrogen and oxygen atoms in total. The van der Waals surface area contributed by atoms with Crippen molar-refractivity contribution >= 4 is 62.0 Å². The van der Waals surface area contributed by atoms with Gasteiger partial charge in [0.25, 0.3) is 5.91 Å². The topological polar surface area (TPSA) is 126 Å². The van der Waals surface area contributed by atoms with Crippen LogP contribution in [0.1, 0.15) is 16.7 Å². The number of carbonyl (C=O) groups is 2. The zero-order valence-electron chi connectivity index (χ0n) is 26.0. The van der Waals surface area contributed by atoms with E-state index < -0.39 is 15.9 Å². The Balaban J connectivity index is 0.00000433. The minimum absolute atomic E-state index is 0. The van der Waals surface area contributed by atoms with Crippen molar-refractivity contribution in [2.24, 2.45) is 4.99 Å². The van der Waals surface area contributed by atoms with Gasteiger partial charge in [0.1, 0.15) is 15.8 Å². The number of rotatable bonds is 8. The Hall–Kier alpha value is -3.94. The molecule has 2 aliphatic heterocycles. The van der Waals surface area contributed by atoms with Crippen LogP contribution in [-0.4, -0.2) is 56.6 Å². The van der Waals surface area contributed by atoms with Gasteiger partial charge in [0, 0.05) is 44.5 Å². The van der Waals surface area contributed by atoms with E-state index in [4.69, 9.17) is 0 Å². The van der Waals surface area contributed by atoms with Crippen LogP contribution in [0.2, 0.25) is 0 Å². The first-order chi connectivity index (χ1) is 22.2. The second kappa shape index (κ2) is 15.3. The molecule has 47 heavy (non-hydrogen) atoms. The summed E-state index contributed by atoms with van der Waals surface area (Å²) < 4.78 is 28.3. The third-order valence-corrected chi connectivity index (χ3v) is 9.74. The normalized spacial score (nSPS) is 16.6. The van der Waals surface area contributed by atoms with Crippen molar-refractivity contribution in [3.05, 3.63) is 124 Å². The third kappa shape index (κ3) is 8.91. The van der Waals surface area contributed by atoms with Gasteiger partial charge in [0.15, 0.2) is 5.17 Å². The molecule has 2 aliphatic rings. The number of piperazine rings is 1. The van der Waals surface area contributed by atoms with Crippen molar-refractivity contribution in [3.8, 4) is 0 Å². The first-order valence-electron chi connectivity index (χ1n) is 14.7. The van der Waals surface area contributed by atoms with Gasteiger partial charge in [-0.15, -0.1) is 0 Å². The average molecular weight is 675 g/mol. The molecule has 234 valence electrons. The number of aromatic nitrogens is 1. The maximum absolute atomic E-state index is 12.7. The SMILES string of the molecule is Cc1ccc(S(=O)(=O)[N-]C(=O)Cc2ccc(N=C3NC(=O)C(=Cc4ccc(N5CCN(c6ccccn6)CC5)cc4)S3)cc2)cc1.[Na+]. The molecule has 0 unspecified atom stereocenters. The van der Waals surface area contributed by atoms with E-state index in [1.807, 2.05) is 49.5 Å². The maximum Gasteiger partial charge on any atom is 1.00 e. The summed E-state index contributed by atoms with van der Waals surface area (Å²) in [5.41, 5.74) is 4.14. The summed E-state index contributed by atoms with van der Waals surface area (Å²) in [5, 5.41) is 3.24. The number of hydrogen-bond donors (Lipinski definition) is 1. The monoisotopic (exact) mass is 674 g/mol. The van der Waals surface area contributed by atoms with E-state index in [-0.39, 0.29) is 46.8 Å².